The summed E-state index contributed by atoms with van der Waals surface area (Å²) in [5, 5.41) is 2.75. The zero-order chi connectivity index (χ0) is 16.4. The molecule has 2 aromatic rings. The normalized spacial score (nSPS) is 16.3. The standard InChI is InChI=1S/C18H17BrN2O2/c1-12(22)20-17-15-11-14(19)7-8-16(15)21(18(17)23)10-9-13-5-3-2-4-6-13/h2-8,11,17H,9-10H2,1H3,(H,20,22)/t17-/m1/s1. The largest absolute Gasteiger partial charge is 0.341 e. The lowest BCUT2D eigenvalue weighted by Gasteiger charge is -2.18. The summed E-state index contributed by atoms with van der Waals surface area (Å²) in [6.07, 6.45) is 0.773. The molecule has 0 saturated heterocycles. The van der Waals surface area contributed by atoms with Crippen LogP contribution in [0.1, 0.15) is 24.1 Å². The molecule has 0 aromatic heterocycles. The van der Waals surface area contributed by atoms with Crippen LogP contribution in [0.5, 0.6) is 0 Å². The first-order valence-electron chi connectivity index (χ1n) is 7.48. The summed E-state index contributed by atoms with van der Waals surface area (Å²) in [6.45, 7) is 2.02. The predicted octanol–water partition coefficient (Wildman–Crippen LogP) is 3.22. The van der Waals surface area contributed by atoms with Gasteiger partial charge in [0.05, 0.1) is 0 Å². The summed E-state index contributed by atoms with van der Waals surface area (Å²) in [6, 6.07) is 15.2. The van der Waals surface area contributed by atoms with Crippen LogP contribution in [-0.2, 0) is 16.0 Å². The van der Waals surface area contributed by atoms with Crippen LogP contribution in [0, 0.1) is 0 Å². The van der Waals surface area contributed by atoms with Crippen molar-refractivity contribution in [2.45, 2.75) is 19.4 Å². The molecular weight excluding hydrogens is 356 g/mol. The van der Waals surface area contributed by atoms with E-state index in [1.54, 1.807) is 4.90 Å². The minimum absolute atomic E-state index is 0.0794. The van der Waals surface area contributed by atoms with E-state index in [1.165, 1.54) is 12.5 Å². The Morgan fingerprint density at radius 2 is 1.96 bits per heavy atom. The van der Waals surface area contributed by atoms with E-state index in [2.05, 4.69) is 21.2 Å². The van der Waals surface area contributed by atoms with Crippen molar-refractivity contribution in [1.29, 1.82) is 0 Å². The van der Waals surface area contributed by atoms with Crippen LogP contribution in [0.15, 0.2) is 53.0 Å². The van der Waals surface area contributed by atoms with Gasteiger partial charge in [0.2, 0.25) is 5.91 Å². The van der Waals surface area contributed by atoms with Crippen molar-refractivity contribution in [3.8, 4) is 0 Å². The minimum Gasteiger partial charge on any atom is -0.341 e. The Kier molecular flexibility index (Phi) is 4.48. The molecule has 0 fully saturated rings. The number of rotatable bonds is 4. The fraction of sp³-hybridized carbons (Fsp3) is 0.222. The van der Waals surface area contributed by atoms with E-state index in [-0.39, 0.29) is 11.8 Å². The Labute approximate surface area is 143 Å². The molecule has 4 nitrogen and oxygen atoms in total. The number of hydrogen-bond acceptors (Lipinski definition) is 2. The SMILES string of the molecule is CC(=O)N[C@H]1C(=O)N(CCc2ccccc2)c2ccc(Br)cc21. The molecule has 0 spiro atoms. The molecule has 1 atom stereocenters. The van der Waals surface area contributed by atoms with E-state index in [0.717, 1.165) is 22.1 Å². The van der Waals surface area contributed by atoms with Crippen molar-refractivity contribution in [2.24, 2.45) is 0 Å². The van der Waals surface area contributed by atoms with Gasteiger partial charge >= 0.3 is 0 Å². The second-order valence-corrected chi connectivity index (χ2v) is 6.48. The Bertz CT molecular complexity index is 746. The summed E-state index contributed by atoms with van der Waals surface area (Å²) in [5.74, 6) is -0.289. The molecule has 3 rings (SSSR count). The molecule has 0 saturated carbocycles. The number of amides is 2. The Balaban J connectivity index is 1.86. The lowest BCUT2D eigenvalue weighted by molar-refractivity contribution is -0.126. The Morgan fingerprint density at radius 3 is 2.65 bits per heavy atom. The van der Waals surface area contributed by atoms with Crippen molar-refractivity contribution in [3.05, 3.63) is 64.1 Å². The van der Waals surface area contributed by atoms with E-state index in [4.69, 9.17) is 0 Å². The van der Waals surface area contributed by atoms with Gasteiger partial charge in [0, 0.05) is 29.2 Å². The van der Waals surface area contributed by atoms with Gasteiger partial charge in [0.15, 0.2) is 0 Å². The van der Waals surface area contributed by atoms with Crippen LogP contribution < -0.4 is 10.2 Å². The molecular formula is C18H17BrN2O2. The first-order chi connectivity index (χ1) is 11.1. The van der Waals surface area contributed by atoms with E-state index < -0.39 is 6.04 Å². The number of nitrogens with one attached hydrogen (secondary N) is 1. The van der Waals surface area contributed by atoms with Gasteiger partial charge in [-0.15, -0.1) is 0 Å². The maximum atomic E-state index is 12.7. The number of nitrogens with zero attached hydrogens (tertiary/aromatic N) is 1. The molecule has 1 N–H and O–H groups in total. The number of hydrogen-bond donors (Lipinski definition) is 1. The highest BCUT2D eigenvalue weighted by Crippen LogP contribution is 2.37. The maximum Gasteiger partial charge on any atom is 0.254 e. The number of benzene rings is 2. The molecule has 0 unspecified atom stereocenters. The maximum absolute atomic E-state index is 12.7. The van der Waals surface area contributed by atoms with E-state index in [9.17, 15) is 9.59 Å². The van der Waals surface area contributed by atoms with Crippen LogP contribution in [-0.4, -0.2) is 18.4 Å². The summed E-state index contributed by atoms with van der Waals surface area (Å²) in [7, 11) is 0. The first-order valence-corrected chi connectivity index (χ1v) is 8.27. The molecule has 23 heavy (non-hydrogen) atoms. The van der Waals surface area contributed by atoms with Crippen molar-refractivity contribution in [3.63, 3.8) is 0 Å². The molecule has 2 aromatic carbocycles. The van der Waals surface area contributed by atoms with Gasteiger partial charge < -0.3 is 10.2 Å². The second kappa shape index (κ2) is 6.54. The van der Waals surface area contributed by atoms with Crippen molar-refractivity contribution in [2.75, 3.05) is 11.4 Å². The lowest BCUT2D eigenvalue weighted by atomic mass is 10.1. The second-order valence-electron chi connectivity index (χ2n) is 5.56. The predicted molar refractivity (Wildman–Crippen MR) is 93.2 cm³/mol. The molecule has 0 aliphatic carbocycles. The number of fused-ring (bicyclic) bond motifs is 1. The number of anilines is 1. The number of carbonyl (C=O) groups excluding carboxylic acids is 2. The molecule has 1 aliphatic heterocycles. The van der Waals surface area contributed by atoms with Gasteiger partial charge in [-0.05, 0) is 30.2 Å². The van der Waals surface area contributed by atoms with Crippen LogP contribution in [0.3, 0.4) is 0 Å². The Hall–Kier alpha value is -2.14. The molecule has 5 heteroatoms. The minimum atomic E-state index is -0.601. The van der Waals surface area contributed by atoms with E-state index in [0.29, 0.717) is 6.54 Å². The van der Waals surface area contributed by atoms with Crippen molar-refractivity contribution in [1.82, 2.24) is 5.32 Å². The molecule has 2 amide bonds. The highest BCUT2D eigenvalue weighted by atomic mass is 79.9. The summed E-state index contributed by atoms with van der Waals surface area (Å²) < 4.78 is 0.893. The highest BCUT2D eigenvalue weighted by molar-refractivity contribution is 9.10. The summed E-state index contributed by atoms with van der Waals surface area (Å²) >= 11 is 3.43. The van der Waals surface area contributed by atoms with E-state index >= 15 is 0 Å². The Morgan fingerprint density at radius 1 is 1.22 bits per heavy atom. The fourth-order valence-corrected chi connectivity index (χ4v) is 3.25. The smallest absolute Gasteiger partial charge is 0.254 e. The molecule has 0 bridgehead atoms. The zero-order valence-electron chi connectivity index (χ0n) is 12.8. The topological polar surface area (TPSA) is 49.4 Å². The molecule has 118 valence electrons. The van der Waals surface area contributed by atoms with E-state index in [1.807, 2.05) is 48.5 Å². The van der Waals surface area contributed by atoms with Gasteiger partial charge in [-0.25, -0.2) is 0 Å². The van der Waals surface area contributed by atoms with Crippen LogP contribution >= 0.6 is 15.9 Å². The fourth-order valence-electron chi connectivity index (χ4n) is 2.87. The van der Waals surface area contributed by atoms with Gasteiger partial charge in [-0.1, -0.05) is 46.3 Å². The van der Waals surface area contributed by atoms with Crippen LogP contribution in [0.25, 0.3) is 0 Å². The monoisotopic (exact) mass is 372 g/mol. The average Bonchev–Trinajstić information content (AvgIpc) is 2.78. The zero-order valence-corrected chi connectivity index (χ0v) is 14.3. The average molecular weight is 373 g/mol. The third-order valence-corrected chi connectivity index (χ3v) is 4.41. The quantitative estimate of drug-likeness (QED) is 0.895. The number of carbonyl (C=O) groups is 2. The number of halogens is 1. The van der Waals surface area contributed by atoms with Crippen LogP contribution in [0.2, 0.25) is 0 Å². The molecule has 0 radical (unpaired) electrons. The van der Waals surface area contributed by atoms with Gasteiger partial charge in [-0.3, -0.25) is 9.59 Å². The molecule has 1 heterocycles. The van der Waals surface area contributed by atoms with Crippen molar-refractivity contribution >= 4 is 33.4 Å². The third-order valence-electron chi connectivity index (χ3n) is 3.92. The molecule has 1 aliphatic rings. The van der Waals surface area contributed by atoms with Gasteiger partial charge in [-0.2, -0.15) is 0 Å². The third kappa shape index (κ3) is 3.29. The summed E-state index contributed by atoms with van der Waals surface area (Å²) in [5.41, 5.74) is 2.89. The van der Waals surface area contributed by atoms with Crippen molar-refractivity contribution < 1.29 is 9.59 Å². The summed E-state index contributed by atoms with van der Waals surface area (Å²) in [4.78, 5) is 25.9. The highest BCUT2D eigenvalue weighted by Gasteiger charge is 2.37. The van der Waals surface area contributed by atoms with Gasteiger partial charge in [0.25, 0.3) is 5.91 Å². The lowest BCUT2D eigenvalue weighted by Crippen LogP contribution is -2.37. The first kappa shape index (κ1) is 15.7. The van der Waals surface area contributed by atoms with Gasteiger partial charge in [0.1, 0.15) is 6.04 Å². The van der Waals surface area contributed by atoms with Crippen LogP contribution in [0.4, 0.5) is 5.69 Å².